The van der Waals surface area contributed by atoms with Crippen molar-refractivity contribution in [1.29, 1.82) is 0 Å². The first-order chi connectivity index (χ1) is 10.2. The van der Waals surface area contributed by atoms with Crippen LogP contribution in [0.15, 0.2) is 24.3 Å². The maximum atomic E-state index is 5.65. The smallest absolute Gasteiger partial charge is 0.119 e. The molecular formula is C17H24N2OS. The second kappa shape index (κ2) is 7.57. The predicted molar refractivity (Wildman–Crippen MR) is 89.3 cm³/mol. The van der Waals surface area contributed by atoms with Crippen LogP contribution in [0.5, 0.6) is 5.75 Å². The number of nitrogens with zero attached hydrogens (tertiary/aromatic N) is 1. The number of ether oxygens (including phenoxy) is 1. The quantitative estimate of drug-likeness (QED) is 0.830. The Morgan fingerprint density at radius 3 is 2.43 bits per heavy atom. The zero-order chi connectivity index (χ0) is 15.2. The number of thiazole rings is 1. The highest BCUT2D eigenvalue weighted by molar-refractivity contribution is 7.11. The fraction of sp³-hybridized carbons (Fsp3) is 0.471. The first-order valence-electron chi connectivity index (χ1n) is 7.55. The predicted octanol–water partition coefficient (Wildman–Crippen LogP) is 4.25. The molecule has 1 heterocycles. The van der Waals surface area contributed by atoms with E-state index >= 15 is 0 Å². The summed E-state index contributed by atoms with van der Waals surface area (Å²) < 4.78 is 5.65. The number of rotatable bonds is 7. The van der Waals surface area contributed by atoms with Crippen LogP contribution in [0.1, 0.15) is 47.5 Å². The molecule has 0 aliphatic carbocycles. The van der Waals surface area contributed by atoms with Gasteiger partial charge < -0.3 is 10.1 Å². The van der Waals surface area contributed by atoms with Gasteiger partial charge in [0.2, 0.25) is 0 Å². The Balaban J connectivity index is 2.24. The molecule has 2 rings (SSSR count). The molecule has 0 amide bonds. The Morgan fingerprint density at radius 2 is 1.90 bits per heavy atom. The number of aryl methyl sites for hydroxylation is 2. The lowest BCUT2D eigenvalue weighted by Crippen LogP contribution is -2.21. The highest BCUT2D eigenvalue weighted by atomic mass is 32.1. The molecule has 1 aromatic heterocycles. The van der Waals surface area contributed by atoms with E-state index in [1.807, 2.05) is 0 Å². The molecule has 1 N–H and O–H groups in total. The van der Waals surface area contributed by atoms with Crippen molar-refractivity contribution in [2.75, 3.05) is 13.2 Å². The molecule has 1 atom stereocenters. The third-order valence-electron chi connectivity index (χ3n) is 3.30. The molecule has 0 bridgehead atoms. The van der Waals surface area contributed by atoms with Crippen molar-refractivity contribution in [2.45, 2.75) is 40.2 Å². The van der Waals surface area contributed by atoms with Crippen molar-refractivity contribution in [3.8, 4) is 5.75 Å². The number of hydrogen-bond acceptors (Lipinski definition) is 4. The SMILES string of the molecule is CCCOc1ccc(C(NCC)c2sc(C)nc2C)cc1. The molecule has 2 aromatic rings. The van der Waals surface area contributed by atoms with Gasteiger partial charge in [-0.1, -0.05) is 26.0 Å². The normalized spacial score (nSPS) is 12.4. The van der Waals surface area contributed by atoms with Crippen LogP contribution < -0.4 is 10.1 Å². The van der Waals surface area contributed by atoms with E-state index in [0.29, 0.717) is 0 Å². The van der Waals surface area contributed by atoms with E-state index in [1.54, 1.807) is 11.3 Å². The Kier molecular flexibility index (Phi) is 5.76. The van der Waals surface area contributed by atoms with Crippen LogP contribution >= 0.6 is 11.3 Å². The molecule has 3 nitrogen and oxygen atoms in total. The third-order valence-corrected chi connectivity index (χ3v) is 4.43. The second-order valence-electron chi connectivity index (χ2n) is 5.09. The molecule has 0 saturated heterocycles. The molecule has 1 aromatic carbocycles. The van der Waals surface area contributed by atoms with Gasteiger partial charge in [0.1, 0.15) is 5.75 Å². The van der Waals surface area contributed by atoms with Crippen LogP contribution in [-0.2, 0) is 0 Å². The Bertz CT molecular complexity index is 563. The van der Waals surface area contributed by atoms with Crippen molar-refractivity contribution in [1.82, 2.24) is 10.3 Å². The van der Waals surface area contributed by atoms with Crippen molar-refractivity contribution in [3.05, 3.63) is 45.4 Å². The lowest BCUT2D eigenvalue weighted by Gasteiger charge is -2.18. The first kappa shape index (κ1) is 16.0. The maximum Gasteiger partial charge on any atom is 0.119 e. The van der Waals surface area contributed by atoms with Crippen molar-refractivity contribution >= 4 is 11.3 Å². The summed E-state index contributed by atoms with van der Waals surface area (Å²) in [6.07, 6.45) is 1.03. The van der Waals surface area contributed by atoms with Gasteiger partial charge in [-0.25, -0.2) is 4.98 Å². The summed E-state index contributed by atoms with van der Waals surface area (Å²) in [5, 5.41) is 4.68. The van der Waals surface area contributed by atoms with E-state index in [-0.39, 0.29) is 6.04 Å². The first-order valence-corrected chi connectivity index (χ1v) is 8.37. The molecule has 0 aliphatic rings. The van der Waals surface area contributed by atoms with Crippen molar-refractivity contribution < 1.29 is 4.74 Å². The van der Waals surface area contributed by atoms with Gasteiger partial charge in [-0.3, -0.25) is 0 Å². The highest BCUT2D eigenvalue weighted by Gasteiger charge is 2.18. The number of hydrogen-bond donors (Lipinski definition) is 1. The van der Waals surface area contributed by atoms with E-state index in [1.165, 1.54) is 10.4 Å². The summed E-state index contributed by atoms with van der Waals surface area (Å²) in [6.45, 7) is 10.1. The average Bonchev–Trinajstić information content (AvgIpc) is 2.82. The molecule has 21 heavy (non-hydrogen) atoms. The van der Waals surface area contributed by atoms with Gasteiger partial charge >= 0.3 is 0 Å². The van der Waals surface area contributed by atoms with Gasteiger partial charge in [0.05, 0.1) is 23.4 Å². The van der Waals surface area contributed by atoms with Gasteiger partial charge in [0.25, 0.3) is 0 Å². The summed E-state index contributed by atoms with van der Waals surface area (Å²) >= 11 is 1.77. The van der Waals surface area contributed by atoms with Crippen LogP contribution in [0.4, 0.5) is 0 Å². The fourth-order valence-electron chi connectivity index (χ4n) is 2.36. The van der Waals surface area contributed by atoms with E-state index in [4.69, 9.17) is 4.74 Å². The number of benzene rings is 1. The molecule has 4 heteroatoms. The molecule has 0 radical (unpaired) electrons. The van der Waals surface area contributed by atoms with Crippen LogP contribution in [0.3, 0.4) is 0 Å². The molecule has 0 saturated carbocycles. The monoisotopic (exact) mass is 304 g/mol. The molecule has 0 aliphatic heterocycles. The summed E-state index contributed by atoms with van der Waals surface area (Å²) in [5.74, 6) is 0.938. The minimum absolute atomic E-state index is 0.210. The number of aromatic nitrogens is 1. The van der Waals surface area contributed by atoms with Gasteiger partial charge in [-0.05, 0) is 44.5 Å². The summed E-state index contributed by atoms with van der Waals surface area (Å²) in [5.41, 5.74) is 2.38. The lowest BCUT2D eigenvalue weighted by atomic mass is 10.0. The van der Waals surface area contributed by atoms with Crippen LogP contribution in [0.25, 0.3) is 0 Å². The Hall–Kier alpha value is -1.39. The second-order valence-corrected chi connectivity index (χ2v) is 6.33. The van der Waals surface area contributed by atoms with E-state index in [9.17, 15) is 0 Å². The topological polar surface area (TPSA) is 34.1 Å². The maximum absolute atomic E-state index is 5.65. The summed E-state index contributed by atoms with van der Waals surface area (Å²) in [7, 11) is 0. The van der Waals surface area contributed by atoms with E-state index < -0.39 is 0 Å². The Morgan fingerprint density at radius 1 is 1.19 bits per heavy atom. The zero-order valence-electron chi connectivity index (χ0n) is 13.3. The largest absolute Gasteiger partial charge is 0.494 e. The van der Waals surface area contributed by atoms with Crippen LogP contribution in [0.2, 0.25) is 0 Å². The van der Waals surface area contributed by atoms with Crippen LogP contribution in [-0.4, -0.2) is 18.1 Å². The van der Waals surface area contributed by atoms with E-state index in [0.717, 1.165) is 36.0 Å². The third kappa shape index (κ3) is 4.05. The summed E-state index contributed by atoms with van der Waals surface area (Å²) in [6, 6.07) is 8.61. The number of nitrogens with one attached hydrogen (secondary N) is 1. The zero-order valence-corrected chi connectivity index (χ0v) is 14.1. The van der Waals surface area contributed by atoms with Crippen LogP contribution in [0, 0.1) is 13.8 Å². The van der Waals surface area contributed by atoms with Crippen molar-refractivity contribution in [2.24, 2.45) is 0 Å². The average molecular weight is 304 g/mol. The molecule has 0 spiro atoms. The lowest BCUT2D eigenvalue weighted by molar-refractivity contribution is 0.317. The highest BCUT2D eigenvalue weighted by Crippen LogP contribution is 2.30. The van der Waals surface area contributed by atoms with E-state index in [2.05, 4.69) is 62.3 Å². The molecular weight excluding hydrogens is 280 g/mol. The van der Waals surface area contributed by atoms with Gasteiger partial charge in [-0.15, -0.1) is 11.3 Å². The fourth-order valence-corrected chi connectivity index (χ4v) is 3.39. The molecule has 0 fully saturated rings. The van der Waals surface area contributed by atoms with Gasteiger partial charge in [-0.2, -0.15) is 0 Å². The van der Waals surface area contributed by atoms with Gasteiger partial charge in [0, 0.05) is 4.88 Å². The molecule has 1 unspecified atom stereocenters. The summed E-state index contributed by atoms with van der Waals surface area (Å²) in [4.78, 5) is 5.85. The van der Waals surface area contributed by atoms with Crippen molar-refractivity contribution in [3.63, 3.8) is 0 Å². The standard InChI is InChI=1S/C17H24N2OS/c1-5-11-20-15-9-7-14(8-10-15)16(18-6-2)17-12(3)19-13(4)21-17/h7-10,16,18H,5-6,11H2,1-4H3. The minimum atomic E-state index is 0.210. The van der Waals surface area contributed by atoms with Gasteiger partial charge in [0.15, 0.2) is 0 Å². The Labute approximate surface area is 131 Å². The molecule has 114 valence electrons. The minimum Gasteiger partial charge on any atom is -0.494 e.